The van der Waals surface area contributed by atoms with Crippen LogP contribution < -0.4 is 10.1 Å². The molecule has 9 heteroatoms. The fourth-order valence-corrected chi connectivity index (χ4v) is 3.69. The van der Waals surface area contributed by atoms with Crippen molar-refractivity contribution in [1.29, 1.82) is 0 Å². The van der Waals surface area contributed by atoms with Crippen molar-refractivity contribution in [3.05, 3.63) is 48.0 Å². The van der Waals surface area contributed by atoms with E-state index < -0.39 is 6.55 Å². The quantitative estimate of drug-likeness (QED) is 0.532. The fourth-order valence-electron chi connectivity index (χ4n) is 2.78. The summed E-state index contributed by atoms with van der Waals surface area (Å²) in [7, 11) is 0. The molecular weight excluding hydrogens is 376 g/mol. The maximum Gasteiger partial charge on any atom is 0.321 e. The van der Waals surface area contributed by atoms with E-state index in [0.717, 1.165) is 16.3 Å². The van der Waals surface area contributed by atoms with Crippen LogP contribution in [0.5, 0.6) is 5.75 Å². The number of anilines is 1. The summed E-state index contributed by atoms with van der Waals surface area (Å²) in [5.74, 6) is -0.148. The molecule has 2 heterocycles. The minimum atomic E-state index is -2.76. The predicted octanol–water partition coefficient (Wildman–Crippen LogP) is 3.74. The van der Waals surface area contributed by atoms with Crippen LogP contribution in [0.4, 0.5) is 14.5 Å². The lowest BCUT2D eigenvalue weighted by Crippen LogP contribution is -2.25. The van der Waals surface area contributed by atoms with Crippen molar-refractivity contribution in [3.8, 4) is 5.75 Å². The zero-order chi connectivity index (χ0) is 19.0. The SMILES string of the molecule is O=C1COc2ccc(C(=O)CSc3nc4ccccc4n3C(F)F)cc2N1. The molecule has 27 heavy (non-hydrogen) atoms. The van der Waals surface area contributed by atoms with Crippen molar-refractivity contribution in [1.82, 2.24) is 9.55 Å². The van der Waals surface area contributed by atoms with Gasteiger partial charge in [-0.05, 0) is 30.3 Å². The van der Waals surface area contributed by atoms with Crippen molar-refractivity contribution >= 4 is 40.2 Å². The second-order valence-electron chi connectivity index (χ2n) is 5.79. The largest absolute Gasteiger partial charge is 0.482 e. The first-order valence-electron chi connectivity index (χ1n) is 8.01. The summed E-state index contributed by atoms with van der Waals surface area (Å²) in [4.78, 5) is 28.1. The maximum atomic E-state index is 13.4. The van der Waals surface area contributed by atoms with Gasteiger partial charge in [-0.3, -0.25) is 14.2 Å². The molecule has 0 saturated carbocycles. The molecule has 1 amide bonds. The zero-order valence-electron chi connectivity index (χ0n) is 13.8. The highest BCUT2D eigenvalue weighted by Crippen LogP contribution is 2.31. The van der Waals surface area contributed by atoms with Gasteiger partial charge in [0, 0.05) is 5.56 Å². The molecule has 0 saturated heterocycles. The zero-order valence-corrected chi connectivity index (χ0v) is 14.6. The molecule has 6 nitrogen and oxygen atoms in total. The van der Waals surface area contributed by atoms with Crippen molar-refractivity contribution in [3.63, 3.8) is 0 Å². The molecule has 1 N–H and O–H groups in total. The molecule has 4 rings (SSSR count). The Bertz CT molecular complexity index is 1050. The van der Waals surface area contributed by atoms with E-state index in [1.807, 2.05) is 0 Å². The molecule has 0 atom stereocenters. The molecule has 1 aromatic heterocycles. The Labute approximate surface area is 156 Å². The number of aromatic nitrogens is 2. The van der Waals surface area contributed by atoms with E-state index in [-0.39, 0.29) is 29.2 Å². The van der Waals surface area contributed by atoms with Crippen LogP contribution in [0.1, 0.15) is 16.9 Å². The molecule has 0 bridgehead atoms. The Morgan fingerprint density at radius 1 is 1.30 bits per heavy atom. The molecule has 0 fully saturated rings. The van der Waals surface area contributed by atoms with E-state index in [9.17, 15) is 18.4 Å². The number of carbonyl (C=O) groups excluding carboxylic acids is 2. The van der Waals surface area contributed by atoms with Gasteiger partial charge in [0.25, 0.3) is 5.91 Å². The predicted molar refractivity (Wildman–Crippen MR) is 96.6 cm³/mol. The Kier molecular flexibility index (Phi) is 4.53. The second kappa shape index (κ2) is 6.99. The number of ketones is 1. The molecule has 0 spiro atoms. The van der Waals surface area contributed by atoms with Crippen LogP contribution in [0.25, 0.3) is 11.0 Å². The number of para-hydroxylation sites is 2. The Morgan fingerprint density at radius 3 is 2.93 bits per heavy atom. The Balaban J connectivity index is 1.55. The average Bonchev–Trinajstić information content (AvgIpc) is 3.04. The van der Waals surface area contributed by atoms with Crippen molar-refractivity contribution in [2.75, 3.05) is 17.7 Å². The van der Waals surface area contributed by atoms with E-state index in [1.165, 1.54) is 6.07 Å². The molecule has 1 aliphatic rings. The lowest BCUT2D eigenvalue weighted by atomic mass is 10.1. The number of rotatable bonds is 5. The third-order valence-corrected chi connectivity index (χ3v) is 4.98. The highest BCUT2D eigenvalue weighted by molar-refractivity contribution is 7.99. The van der Waals surface area contributed by atoms with Crippen LogP contribution in [-0.2, 0) is 4.79 Å². The van der Waals surface area contributed by atoms with Crippen LogP contribution in [0, 0.1) is 0 Å². The third kappa shape index (κ3) is 3.37. The topological polar surface area (TPSA) is 73.2 Å². The van der Waals surface area contributed by atoms with E-state index in [2.05, 4.69) is 10.3 Å². The third-order valence-electron chi connectivity index (χ3n) is 4.03. The van der Waals surface area contributed by atoms with E-state index >= 15 is 0 Å². The molecule has 0 aliphatic carbocycles. The number of imidazole rings is 1. The van der Waals surface area contributed by atoms with Crippen LogP contribution in [0.3, 0.4) is 0 Å². The summed E-state index contributed by atoms with van der Waals surface area (Å²) in [6.45, 7) is -2.83. The van der Waals surface area contributed by atoms with Crippen molar-refractivity contribution in [2.24, 2.45) is 0 Å². The summed E-state index contributed by atoms with van der Waals surface area (Å²) >= 11 is 0.946. The highest BCUT2D eigenvalue weighted by Gasteiger charge is 2.21. The minimum absolute atomic E-state index is 0.0658. The number of fused-ring (bicyclic) bond motifs is 2. The number of thioether (sulfide) groups is 1. The van der Waals surface area contributed by atoms with Gasteiger partial charge in [0.1, 0.15) is 5.75 Å². The maximum absolute atomic E-state index is 13.4. The first kappa shape index (κ1) is 17.5. The van der Waals surface area contributed by atoms with Gasteiger partial charge in [0.05, 0.1) is 22.5 Å². The molecular formula is C18H13F2N3O3S. The number of alkyl halides is 2. The lowest BCUT2D eigenvalue weighted by Gasteiger charge is -2.18. The van der Waals surface area contributed by atoms with Gasteiger partial charge < -0.3 is 10.1 Å². The number of hydrogen-bond donors (Lipinski definition) is 1. The van der Waals surface area contributed by atoms with E-state index in [0.29, 0.717) is 28.0 Å². The number of Topliss-reactive ketones (excluding diaryl/α,β-unsaturated/α-hetero) is 1. The van der Waals surface area contributed by atoms with E-state index in [1.54, 1.807) is 36.4 Å². The van der Waals surface area contributed by atoms with Crippen LogP contribution >= 0.6 is 11.8 Å². The number of ether oxygens (including phenoxy) is 1. The number of nitrogens with zero attached hydrogens (tertiary/aromatic N) is 2. The van der Waals surface area contributed by atoms with Gasteiger partial charge in [0.2, 0.25) is 0 Å². The molecule has 0 unspecified atom stereocenters. The fraction of sp³-hybridized carbons (Fsp3) is 0.167. The average molecular weight is 389 g/mol. The number of halogens is 2. The van der Waals surface area contributed by atoms with Crippen LogP contribution in [0.2, 0.25) is 0 Å². The normalized spacial score (nSPS) is 13.4. The number of benzene rings is 2. The standard InChI is InChI=1S/C18H13F2N3O3S/c19-17(20)23-13-4-2-1-3-11(13)22-18(23)27-9-14(24)10-5-6-15-12(7-10)21-16(25)8-26-15/h1-7,17H,8-9H2,(H,21,25). The summed E-state index contributed by atoms with van der Waals surface area (Å²) in [5, 5.41) is 2.71. The minimum Gasteiger partial charge on any atom is -0.482 e. The smallest absolute Gasteiger partial charge is 0.321 e. The number of hydrogen-bond acceptors (Lipinski definition) is 5. The van der Waals surface area contributed by atoms with Gasteiger partial charge in [-0.15, -0.1) is 0 Å². The van der Waals surface area contributed by atoms with Gasteiger partial charge in [-0.25, -0.2) is 4.98 Å². The molecule has 2 aromatic carbocycles. The summed E-state index contributed by atoms with van der Waals surface area (Å²) in [6, 6.07) is 11.3. The first-order chi connectivity index (χ1) is 13.0. The number of amides is 1. The molecule has 138 valence electrons. The number of carbonyl (C=O) groups is 2. The second-order valence-corrected chi connectivity index (χ2v) is 6.73. The molecule has 0 radical (unpaired) electrons. The van der Waals surface area contributed by atoms with Gasteiger partial charge in [-0.2, -0.15) is 8.78 Å². The highest BCUT2D eigenvalue weighted by atomic mass is 32.2. The van der Waals surface area contributed by atoms with Crippen molar-refractivity contribution in [2.45, 2.75) is 11.7 Å². The summed E-state index contributed by atoms with van der Waals surface area (Å²) in [5.41, 5.74) is 1.53. The first-order valence-corrected chi connectivity index (χ1v) is 8.99. The van der Waals surface area contributed by atoms with Crippen molar-refractivity contribution < 1.29 is 23.1 Å². The summed E-state index contributed by atoms with van der Waals surface area (Å²) in [6.07, 6.45) is 0. The van der Waals surface area contributed by atoms with E-state index in [4.69, 9.17) is 4.74 Å². The lowest BCUT2D eigenvalue weighted by molar-refractivity contribution is -0.118. The molecule has 1 aliphatic heterocycles. The van der Waals surface area contributed by atoms with Gasteiger partial charge >= 0.3 is 6.55 Å². The monoisotopic (exact) mass is 389 g/mol. The Morgan fingerprint density at radius 2 is 2.11 bits per heavy atom. The van der Waals surface area contributed by atoms with Gasteiger partial charge in [0.15, 0.2) is 17.5 Å². The van der Waals surface area contributed by atoms with Crippen LogP contribution in [0.15, 0.2) is 47.6 Å². The Hall–Kier alpha value is -2.94. The summed E-state index contributed by atoms with van der Waals surface area (Å²) < 4.78 is 32.9. The molecule has 3 aromatic rings. The van der Waals surface area contributed by atoms with Gasteiger partial charge in [-0.1, -0.05) is 23.9 Å². The van der Waals surface area contributed by atoms with Crippen LogP contribution in [-0.4, -0.2) is 33.6 Å². The number of nitrogens with one attached hydrogen (secondary N) is 1.